The molecule has 0 spiro atoms. The van der Waals surface area contributed by atoms with E-state index in [4.69, 9.17) is 8.85 Å². The van der Waals surface area contributed by atoms with Crippen molar-refractivity contribution < 1.29 is 8.85 Å². The molecule has 2 nitrogen and oxygen atoms in total. The predicted octanol–water partition coefficient (Wildman–Crippen LogP) is 3.36. The lowest BCUT2D eigenvalue weighted by atomic mass is 9.98. The Kier molecular flexibility index (Phi) is 4.77. The molecule has 1 saturated heterocycles. The zero-order valence-corrected chi connectivity index (χ0v) is 12.0. The first kappa shape index (κ1) is 12.8. The highest BCUT2D eigenvalue weighted by molar-refractivity contribution is 6.44. The standard InChI is InChI=1S/C14H22O2Si/c1-12(2)14-8-4-3-7-13(14)11-16-17-10-6-5-9-15-17/h3-4,7-8,12,17H,5-6,9-11H2,1-2H3. The first-order valence-corrected chi connectivity index (χ1v) is 8.34. The molecule has 1 fully saturated rings. The lowest BCUT2D eigenvalue weighted by Gasteiger charge is -2.22. The van der Waals surface area contributed by atoms with E-state index in [-0.39, 0.29) is 0 Å². The van der Waals surface area contributed by atoms with E-state index in [1.807, 2.05) is 0 Å². The zero-order chi connectivity index (χ0) is 12.1. The lowest BCUT2D eigenvalue weighted by Crippen LogP contribution is -2.27. The number of hydrogen-bond acceptors (Lipinski definition) is 2. The molecule has 1 unspecified atom stereocenters. The molecule has 1 aliphatic rings. The van der Waals surface area contributed by atoms with Crippen molar-refractivity contribution in [3.05, 3.63) is 35.4 Å². The number of benzene rings is 1. The van der Waals surface area contributed by atoms with Gasteiger partial charge in [0, 0.05) is 6.61 Å². The van der Waals surface area contributed by atoms with Gasteiger partial charge in [0.1, 0.15) is 0 Å². The molecule has 1 aromatic carbocycles. The Labute approximate surface area is 106 Å². The minimum absolute atomic E-state index is 0.559. The average molecular weight is 250 g/mol. The Balaban J connectivity index is 1.93. The van der Waals surface area contributed by atoms with Crippen LogP contribution < -0.4 is 0 Å². The van der Waals surface area contributed by atoms with Gasteiger partial charge in [0.15, 0.2) is 0 Å². The Morgan fingerprint density at radius 3 is 2.82 bits per heavy atom. The predicted molar refractivity (Wildman–Crippen MR) is 72.5 cm³/mol. The highest BCUT2D eigenvalue weighted by atomic mass is 28.3. The molecule has 1 atom stereocenters. The monoisotopic (exact) mass is 250 g/mol. The van der Waals surface area contributed by atoms with Crippen molar-refractivity contribution in [1.82, 2.24) is 0 Å². The normalized spacial score (nSPS) is 20.8. The maximum Gasteiger partial charge on any atom is 0.321 e. The van der Waals surface area contributed by atoms with Crippen LogP contribution in [-0.2, 0) is 15.5 Å². The fraction of sp³-hybridized carbons (Fsp3) is 0.571. The molecule has 0 bridgehead atoms. The fourth-order valence-electron chi connectivity index (χ4n) is 2.25. The number of rotatable bonds is 4. The van der Waals surface area contributed by atoms with Gasteiger partial charge in [-0.2, -0.15) is 0 Å². The second-order valence-electron chi connectivity index (χ2n) is 4.96. The van der Waals surface area contributed by atoms with Crippen LogP contribution in [0.2, 0.25) is 6.04 Å². The minimum Gasteiger partial charge on any atom is -0.397 e. The molecule has 0 saturated carbocycles. The van der Waals surface area contributed by atoms with Crippen LogP contribution in [0.3, 0.4) is 0 Å². The van der Waals surface area contributed by atoms with E-state index in [9.17, 15) is 0 Å². The summed E-state index contributed by atoms with van der Waals surface area (Å²) in [7, 11) is -1.35. The maximum absolute atomic E-state index is 5.98. The van der Waals surface area contributed by atoms with E-state index in [2.05, 4.69) is 38.1 Å². The third-order valence-electron chi connectivity index (χ3n) is 3.24. The van der Waals surface area contributed by atoms with E-state index in [1.54, 1.807) is 0 Å². The van der Waals surface area contributed by atoms with Crippen LogP contribution in [0.5, 0.6) is 0 Å². The van der Waals surface area contributed by atoms with Crippen molar-refractivity contribution >= 4 is 9.28 Å². The summed E-state index contributed by atoms with van der Waals surface area (Å²) >= 11 is 0. The topological polar surface area (TPSA) is 18.5 Å². The second kappa shape index (κ2) is 6.33. The van der Waals surface area contributed by atoms with Crippen molar-refractivity contribution in [2.45, 2.75) is 45.3 Å². The van der Waals surface area contributed by atoms with E-state index in [1.165, 1.54) is 30.0 Å². The first-order chi connectivity index (χ1) is 8.27. The minimum atomic E-state index is -1.35. The van der Waals surface area contributed by atoms with Gasteiger partial charge in [-0.15, -0.1) is 0 Å². The molecule has 3 heteroatoms. The molecule has 0 radical (unpaired) electrons. The van der Waals surface area contributed by atoms with Crippen LogP contribution in [-0.4, -0.2) is 15.9 Å². The maximum atomic E-state index is 5.98. The summed E-state index contributed by atoms with van der Waals surface area (Å²) < 4.78 is 11.7. The molecule has 0 N–H and O–H groups in total. The molecular weight excluding hydrogens is 228 g/mol. The van der Waals surface area contributed by atoms with Crippen molar-refractivity contribution in [2.75, 3.05) is 6.61 Å². The van der Waals surface area contributed by atoms with Crippen LogP contribution in [0.1, 0.15) is 43.7 Å². The van der Waals surface area contributed by atoms with E-state index in [0.717, 1.165) is 13.2 Å². The van der Waals surface area contributed by atoms with E-state index >= 15 is 0 Å². The van der Waals surface area contributed by atoms with Gasteiger partial charge in [-0.25, -0.2) is 0 Å². The highest BCUT2D eigenvalue weighted by Crippen LogP contribution is 2.21. The van der Waals surface area contributed by atoms with Gasteiger partial charge in [0.05, 0.1) is 6.61 Å². The highest BCUT2D eigenvalue weighted by Gasteiger charge is 2.18. The smallest absolute Gasteiger partial charge is 0.321 e. The first-order valence-electron chi connectivity index (χ1n) is 6.58. The summed E-state index contributed by atoms with van der Waals surface area (Å²) in [6.45, 7) is 6.09. The molecular formula is C14H22O2Si. The van der Waals surface area contributed by atoms with Crippen LogP contribution in [0.15, 0.2) is 24.3 Å². The molecule has 0 amide bonds. The Morgan fingerprint density at radius 2 is 2.12 bits per heavy atom. The third kappa shape index (κ3) is 3.66. The van der Waals surface area contributed by atoms with Crippen molar-refractivity contribution in [3.8, 4) is 0 Å². The molecule has 0 aromatic heterocycles. The molecule has 0 aliphatic carbocycles. The summed E-state index contributed by atoms with van der Waals surface area (Å²) in [4.78, 5) is 0. The van der Waals surface area contributed by atoms with E-state index in [0.29, 0.717) is 5.92 Å². The molecule has 1 aliphatic heterocycles. The lowest BCUT2D eigenvalue weighted by molar-refractivity contribution is 0.170. The average Bonchev–Trinajstić information content (AvgIpc) is 2.38. The van der Waals surface area contributed by atoms with Crippen molar-refractivity contribution in [1.29, 1.82) is 0 Å². The summed E-state index contributed by atoms with van der Waals surface area (Å²) in [5.41, 5.74) is 2.72. The van der Waals surface area contributed by atoms with Gasteiger partial charge in [-0.1, -0.05) is 38.1 Å². The Bertz CT molecular complexity index is 346. The summed E-state index contributed by atoms with van der Waals surface area (Å²) in [6, 6.07) is 9.74. The largest absolute Gasteiger partial charge is 0.397 e. The van der Waals surface area contributed by atoms with Gasteiger partial charge in [-0.3, -0.25) is 0 Å². The van der Waals surface area contributed by atoms with Crippen molar-refractivity contribution in [3.63, 3.8) is 0 Å². The summed E-state index contributed by atoms with van der Waals surface area (Å²) in [5.74, 6) is 0.559. The molecule has 94 valence electrons. The van der Waals surface area contributed by atoms with Gasteiger partial charge in [0.25, 0.3) is 0 Å². The van der Waals surface area contributed by atoms with Crippen LogP contribution in [0, 0.1) is 0 Å². The summed E-state index contributed by atoms with van der Waals surface area (Å²) in [6.07, 6.45) is 2.48. The molecule has 2 rings (SSSR count). The van der Waals surface area contributed by atoms with Crippen LogP contribution >= 0.6 is 0 Å². The van der Waals surface area contributed by atoms with E-state index < -0.39 is 9.28 Å². The van der Waals surface area contributed by atoms with Crippen LogP contribution in [0.4, 0.5) is 0 Å². The second-order valence-corrected chi connectivity index (χ2v) is 7.06. The Morgan fingerprint density at radius 1 is 1.29 bits per heavy atom. The van der Waals surface area contributed by atoms with Gasteiger partial charge < -0.3 is 8.85 Å². The fourth-order valence-corrected chi connectivity index (χ4v) is 4.10. The Hall–Kier alpha value is -0.643. The van der Waals surface area contributed by atoms with Crippen molar-refractivity contribution in [2.24, 2.45) is 0 Å². The van der Waals surface area contributed by atoms with Gasteiger partial charge in [0.2, 0.25) is 0 Å². The number of hydrogen-bond donors (Lipinski definition) is 0. The quantitative estimate of drug-likeness (QED) is 0.763. The molecule has 1 aromatic rings. The van der Waals surface area contributed by atoms with Gasteiger partial charge >= 0.3 is 9.28 Å². The zero-order valence-electron chi connectivity index (χ0n) is 10.8. The molecule has 1 heterocycles. The SMILES string of the molecule is CC(C)c1ccccc1CO[SiH]1CCCCO1. The summed E-state index contributed by atoms with van der Waals surface area (Å²) in [5, 5.41) is 0. The van der Waals surface area contributed by atoms with Gasteiger partial charge in [-0.05, 0) is 35.9 Å². The molecule has 17 heavy (non-hydrogen) atoms. The third-order valence-corrected chi connectivity index (χ3v) is 5.27. The van der Waals surface area contributed by atoms with Crippen LogP contribution in [0.25, 0.3) is 0 Å².